The molecule has 1 aromatic carbocycles. The lowest BCUT2D eigenvalue weighted by Crippen LogP contribution is -2.09. The topological polar surface area (TPSA) is 30.5 Å². The van der Waals surface area contributed by atoms with Gasteiger partial charge in [-0.3, -0.25) is 0 Å². The summed E-state index contributed by atoms with van der Waals surface area (Å²) in [6.07, 6.45) is 8.62. The minimum atomic E-state index is 0.602. The molecule has 0 aromatic heterocycles. The number of hydrogen-bond acceptors (Lipinski definition) is 3. The van der Waals surface area contributed by atoms with E-state index >= 15 is 0 Å². The first-order valence-electron chi connectivity index (χ1n) is 6.62. The van der Waals surface area contributed by atoms with Gasteiger partial charge in [0.25, 0.3) is 0 Å². The maximum Gasteiger partial charge on any atom is 0.119 e. The van der Waals surface area contributed by atoms with Crippen molar-refractivity contribution < 1.29 is 9.47 Å². The molecule has 3 nitrogen and oxygen atoms in total. The van der Waals surface area contributed by atoms with E-state index in [1.807, 2.05) is 24.3 Å². The summed E-state index contributed by atoms with van der Waals surface area (Å²) < 4.78 is 10.3. The molecule has 0 spiro atoms. The Labute approximate surface area is 114 Å². The maximum absolute atomic E-state index is 5.18. The third-order valence-corrected chi connectivity index (χ3v) is 3.32. The van der Waals surface area contributed by atoms with Gasteiger partial charge in [0, 0.05) is 12.2 Å². The SMILES string of the molecule is COC1=CCC(CCNc2ccc(OC)cc2)C=C1. The largest absolute Gasteiger partial charge is 0.497 e. The van der Waals surface area contributed by atoms with E-state index in [-0.39, 0.29) is 0 Å². The minimum Gasteiger partial charge on any atom is -0.497 e. The molecule has 1 atom stereocenters. The van der Waals surface area contributed by atoms with Crippen molar-refractivity contribution in [3.8, 4) is 5.75 Å². The van der Waals surface area contributed by atoms with Gasteiger partial charge in [0.1, 0.15) is 11.5 Å². The fourth-order valence-electron chi connectivity index (χ4n) is 2.12. The molecule has 0 saturated heterocycles. The maximum atomic E-state index is 5.18. The van der Waals surface area contributed by atoms with Crippen LogP contribution in [0.2, 0.25) is 0 Å². The molecule has 1 unspecified atom stereocenters. The molecule has 2 rings (SSSR count). The van der Waals surface area contributed by atoms with E-state index < -0.39 is 0 Å². The van der Waals surface area contributed by atoms with Gasteiger partial charge in [-0.2, -0.15) is 0 Å². The Bertz CT molecular complexity index is 448. The van der Waals surface area contributed by atoms with Crippen LogP contribution in [0.15, 0.2) is 48.3 Å². The normalized spacial score (nSPS) is 17.8. The van der Waals surface area contributed by atoms with Gasteiger partial charge in [0.15, 0.2) is 0 Å². The van der Waals surface area contributed by atoms with Crippen LogP contribution in [-0.4, -0.2) is 20.8 Å². The van der Waals surface area contributed by atoms with Crippen molar-refractivity contribution in [1.29, 1.82) is 0 Å². The van der Waals surface area contributed by atoms with Gasteiger partial charge in [0.05, 0.1) is 14.2 Å². The van der Waals surface area contributed by atoms with Gasteiger partial charge >= 0.3 is 0 Å². The van der Waals surface area contributed by atoms with Crippen molar-refractivity contribution in [1.82, 2.24) is 0 Å². The number of allylic oxidation sites excluding steroid dienone is 3. The highest BCUT2D eigenvalue weighted by molar-refractivity contribution is 5.46. The molecule has 0 saturated carbocycles. The van der Waals surface area contributed by atoms with Crippen molar-refractivity contribution in [3.05, 3.63) is 48.3 Å². The first-order valence-corrected chi connectivity index (χ1v) is 6.62. The van der Waals surface area contributed by atoms with Crippen molar-refractivity contribution >= 4 is 5.69 Å². The Hall–Kier alpha value is -1.90. The Balaban J connectivity index is 1.72. The van der Waals surface area contributed by atoms with E-state index in [0.29, 0.717) is 5.92 Å². The molecule has 0 fully saturated rings. The molecule has 0 heterocycles. The third-order valence-electron chi connectivity index (χ3n) is 3.32. The Morgan fingerprint density at radius 1 is 1.16 bits per heavy atom. The third kappa shape index (κ3) is 4.05. The fourth-order valence-corrected chi connectivity index (χ4v) is 2.12. The number of ether oxygens (including phenoxy) is 2. The predicted octanol–water partition coefficient (Wildman–Crippen LogP) is 3.60. The number of benzene rings is 1. The van der Waals surface area contributed by atoms with Crippen molar-refractivity contribution in [3.63, 3.8) is 0 Å². The van der Waals surface area contributed by atoms with Crippen molar-refractivity contribution in [2.45, 2.75) is 12.8 Å². The predicted molar refractivity (Wildman–Crippen MR) is 78.4 cm³/mol. The molecule has 0 radical (unpaired) electrons. The lowest BCUT2D eigenvalue weighted by atomic mass is 9.96. The van der Waals surface area contributed by atoms with Gasteiger partial charge in [0.2, 0.25) is 0 Å². The zero-order chi connectivity index (χ0) is 13.5. The molecule has 1 N–H and O–H groups in total. The number of hydrogen-bond donors (Lipinski definition) is 1. The smallest absolute Gasteiger partial charge is 0.119 e. The van der Waals surface area contributed by atoms with Crippen LogP contribution in [0.1, 0.15) is 12.8 Å². The lowest BCUT2D eigenvalue weighted by molar-refractivity contribution is 0.301. The van der Waals surface area contributed by atoms with Gasteiger partial charge < -0.3 is 14.8 Å². The van der Waals surface area contributed by atoms with Crippen molar-refractivity contribution in [2.24, 2.45) is 5.92 Å². The lowest BCUT2D eigenvalue weighted by Gasteiger charge is -2.16. The summed E-state index contributed by atoms with van der Waals surface area (Å²) in [4.78, 5) is 0. The summed E-state index contributed by atoms with van der Waals surface area (Å²) in [6.45, 7) is 0.970. The monoisotopic (exact) mass is 259 g/mol. The molecule has 3 heteroatoms. The summed E-state index contributed by atoms with van der Waals surface area (Å²) in [5, 5.41) is 3.43. The van der Waals surface area contributed by atoms with E-state index in [4.69, 9.17) is 9.47 Å². The van der Waals surface area contributed by atoms with Crippen LogP contribution in [0.5, 0.6) is 5.75 Å². The summed E-state index contributed by atoms with van der Waals surface area (Å²) in [5.74, 6) is 2.46. The molecule has 1 aromatic rings. The highest BCUT2D eigenvalue weighted by Crippen LogP contribution is 2.20. The van der Waals surface area contributed by atoms with E-state index in [2.05, 4.69) is 23.5 Å². The van der Waals surface area contributed by atoms with E-state index in [1.54, 1.807) is 14.2 Å². The molecular formula is C16H21NO2. The molecule has 1 aliphatic carbocycles. The van der Waals surface area contributed by atoms with Crippen LogP contribution in [-0.2, 0) is 4.74 Å². The number of nitrogens with one attached hydrogen (secondary N) is 1. The second-order valence-corrected chi connectivity index (χ2v) is 4.61. The Morgan fingerprint density at radius 3 is 2.53 bits per heavy atom. The number of rotatable bonds is 6. The van der Waals surface area contributed by atoms with Gasteiger partial charge in [-0.25, -0.2) is 0 Å². The molecule has 0 bridgehead atoms. The zero-order valence-electron chi connectivity index (χ0n) is 11.6. The standard InChI is InChI=1S/C16H21NO2/c1-18-15-7-3-13(4-8-15)11-12-17-14-5-9-16(19-2)10-6-14/h3,5-10,13,17H,4,11-12H2,1-2H3. The van der Waals surface area contributed by atoms with Crippen LogP contribution in [0, 0.1) is 5.92 Å². The Morgan fingerprint density at radius 2 is 1.95 bits per heavy atom. The quantitative estimate of drug-likeness (QED) is 0.846. The molecule has 19 heavy (non-hydrogen) atoms. The van der Waals surface area contributed by atoms with Crippen LogP contribution in [0.3, 0.4) is 0 Å². The van der Waals surface area contributed by atoms with Crippen LogP contribution in [0.4, 0.5) is 5.69 Å². The summed E-state index contributed by atoms with van der Waals surface area (Å²) in [6, 6.07) is 8.02. The van der Waals surface area contributed by atoms with Gasteiger partial charge in [-0.1, -0.05) is 6.08 Å². The first kappa shape index (κ1) is 13.5. The zero-order valence-corrected chi connectivity index (χ0v) is 11.6. The van der Waals surface area contributed by atoms with Crippen molar-refractivity contribution in [2.75, 3.05) is 26.1 Å². The van der Waals surface area contributed by atoms with Gasteiger partial charge in [-0.15, -0.1) is 0 Å². The highest BCUT2D eigenvalue weighted by Gasteiger charge is 2.08. The molecule has 1 aliphatic rings. The molecular weight excluding hydrogens is 238 g/mol. The van der Waals surface area contributed by atoms with Crippen LogP contribution >= 0.6 is 0 Å². The fraction of sp³-hybridized carbons (Fsp3) is 0.375. The summed E-state index contributed by atoms with van der Waals surface area (Å²) in [7, 11) is 3.39. The van der Waals surface area contributed by atoms with Crippen LogP contribution in [0.25, 0.3) is 0 Å². The van der Waals surface area contributed by atoms with E-state index in [9.17, 15) is 0 Å². The Kier molecular flexibility index (Phi) is 4.90. The highest BCUT2D eigenvalue weighted by atomic mass is 16.5. The molecule has 0 amide bonds. The van der Waals surface area contributed by atoms with Gasteiger partial charge in [-0.05, 0) is 55.2 Å². The second-order valence-electron chi connectivity index (χ2n) is 4.61. The van der Waals surface area contributed by atoms with Crippen LogP contribution < -0.4 is 10.1 Å². The number of anilines is 1. The summed E-state index contributed by atoms with van der Waals surface area (Å²) >= 11 is 0. The molecule has 102 valence electrons. The average Bonchev–Trinajstić information content (AvgIpc) is 2.49. The first-order chi connectivity index (χ1) is 9.31. The van der Waals surface area contributed by atoms with E-state index in [0.717, 1.165) is 36.6 Å². The molecule has 0 aliphatic heterocycles. The number of methoxy groups -OCH3 is 2. The van der Waals surface area contributed by atoms with E-state index in [1.165, 1.54) is 0 Å². The second kappa shape index (κ2) is 6.88. The summed E-state index contributed by atoms with van der Waals surface area (Å²) in [5.41, 5.74) is 1.13. The average molecular weight is 259 g/mol. The minimum absolute atomic E-state index is 0.602.